The molecule has 1 rings (SSSR count). The van der Waals surface area contributed by atoms with Crippen LogP contribution in [0.5, 0.6) is 0 Å². The number of nitrogens with zero attached hydrogens (tertiary/aromatic N) is 1. The molecule has 2 N–H and O–H groups in total. The van der Waals surface area contributed by atoms with E-state index in [2.05, 4.69) is 20.8 Å². The average molecular weight is 284 g/mol. The SMILES string of the molecule is CCOC(=O)CN(C(=O)C(CN)CC(C)(C)C)C1CC1. The summed E-state index contributed by atoms with van der Waals surface area (Å²) in [5, 5.41) is 0. The molecule has 0 saturated heterocycles. The van der Waals surface area contributed by atoms with Crippen LogP contribution in [0.25, 0.3) is 0 Å². The maximum absolute atomic E-state index is 12.6. The van der Waals surface area contributed by atoms with Crippen LogP contribution in [-0.2, 0) is 14.3 Å². The summed E-state index contributed by atoms with van der Waals surface area (Å²) in [4.78, 5) is 25.9. The zero-order chi connectivity index (χ0) is 15.3. The summed E-state index contributed by atoms with van der Waals surface area (Å²) in [6.45, 7) is 8.76. The van der Waals surface area contributed by atoms with Gasteiger partial charge < -0.3 is 15.4 Å². The van der Waals surface area contributed by atoms with Crippen LogP contribution in [0.3, 0.4) is 0 Å². The van der Waals surface area contributed by atoms with Crippen LogP contribution < -0.4 is 5.73 Å². The lowest BCUT2D eigenvalue weighted by atomic mass is 9.84. The minimum atomic E-state index is -0.334. The number of esters is 1. The average Bonchev–Trinajstić information content (AvgIpc) is 3.15. The van der Waals surface area contributed by atoms with Crippen LogP contribution >= 0.6 is 0 Å². The third kappa shape index (κ3) is 5.49. The monoisotopic (exact) mass is 284 g/mol. The van der Waals surface area contributed by atoms with Gasteiger partial charge in [0.1, 0.15) is 6.54 Å². The van der Waals surface area contributed by atoms with E-state index in [1.54, 1.807) is 11.8 Å². The van der Waals surface area contributed by atoms with Gasteiger partial charge in [-0.25, -0.2) is 0 Å². The number of ether oxygens (including phenoxy) is 1. The summed E-state index contributed by atoms with van der Waals surface area (Å²) in [7, 11) is 0. The Morgan fingerprint density at radius 2 is 1.95 bits per heavy atom. The highest BCUT2D eigenvalue weighted by Gasteiger charge is 2.37. The molecule has 0 aromatic rings. The standard InChI is InChI=1S/C15H28N2O3/c1-5-20-13(18)10-17(12-6-7-12)14(19)11(9-16)8-15(2,3)4/h11-12H,5-10,16H2,1-4H3. The Hall–Kier alpha value is -1.10. The van der Waals surface area contributed by atoms with Crippen LogP contribution in [0, 0.1) is 11.3 Å². The molecule has 5 heteroatoms. The zero-order valence-corrected chi connectivity index (χ0v) is 13.1. The van der Waals surface area contributed by atoms with Crippen LogP contribution in [0.15, 0.2) is 0 Å². The Morgan fingerprint density at radius 1 is 1.35 bits per heavy atom. The Morgan fingerprint density at radius 3 is 2.35 bits per heavy atom. The third-order valence-electron chi connectivity index (χ3n) is 3.37. The van der Waals surface area contributed by atoms with Crippen molar-refractivity contribution in [2.75, 3.05) is 19.7 Å². The Balaban J connectivity index is 2.69. The van der Waals surface area contributed by atoms with Crippen LogP contribution in [0.2, 0.25) is 0 Å². The molecule has 0 aromatic heterocycles. The molecule has 1 atom stereocenters. The first-order chi connectivity index (χ1) is 9.28. The summed E-state index contributed by atoms with van der Waals surface area (Å²) in [6, 6.07) is 0.195. The van der Waals surface area contributed by atoms with Gasteiger partial charge in [-0.1, -0.05) is 20.8 Å². The fraction of sp³-hybridized carbons (Fsp3) is 0.867. The maximum Gasteiger partial charge on any atom is 0.325 e. The molecule has 0 aliphatic heterocycles. The molecule has 1 saturated carbocycles. The number of carbonyl (C=O) groups is 2. The molecule has 0 spiro atoms. The lowest BCUT2D eigenvalue weighted by Crippen LogP contribution is -2.44. The van der Waals surface area contributed by atoms with Crippen molar-refractivity contribution in [2.24, 2.45) is 17.1 Å². The predicted molar refractivity (Wildman–Crippen MR) is 78.0 cm³/mol. The first kappa shape index (κ1) is 17.0. The number of amides is 1. The van der Waals surface area contributed by atoms with Gasteiger partial charge in [-0.2, -0.15) is 0 Å². The molecule has 0 bridgehead atoms. The van der Waals surface area contributed by atoms with Crippen molar-refractivity contribution >= 4 is 11.9 Å². The molecule has 1 aliphatic rings. The van der Waals surface area contributed by atoms with Gasteiger partial charge in [-0.15, -0.1) is 0 Å². The van der Waals surface area contributed by atoms with Gasteiger partial charge >= 0.3 is 5.97 Å². The van der Waals surface area contributed by atoms with E-state index in [9.17, 15) is 9.59 Å². The van der Waals surface area contributed by atoms with Crippen LogP contribution in [0.1, 0.15) is 47.0 Å². The molecule has 20 heavy (non-hydrogen) atoms. The molecule has 1 aliphatic carbocycles. The number of carbonyl (C=O) groups excluding carboxylic acids is 2. The summed E-state index contributed by atoms with van der Waals surface area (Å²) in [5.41, 5.74) is 5.81. The molecule has 5 nitrogen and oxygen atoms in total. The number of nitrogens with two attached hydrogens (primary N) is 1. The second-order valence-corrected chi connectivity index (χ2v) is 6.70. The van der Waals surface area contributed by atoms with Gasteiger partial charge in [-0.3, -0.25) is 9.59 Å². The normalized spacial score (nSPS) is 16.6. The summed E-state index contributed by atoms with van der Waals surface area (Å²) in [6.07, 6.45) is 2.67. The van der Waals surface area contributed by atoms with Gasteiger partial charge in [-0.05, 0) is 31.6 Å². The van der Waals surface area contributed by atoms with E-state index in [-0.39, 0.29) is 35.8 Å². The van der Waals surface area contributed by atoms with Crippen molar-refractivity contribution in [3.05, 3.63) is 0 Å². The highest BCUT2D eigenvalue weighted by Crippen LogP contribution is 2.31. The van der Waals surface area contributed by atoms with Gasteiger partial charge in [0, 0.05) is 12.6 Å². The van der Waals surface area contributed by atoms with Crippen molar-refractivity contribution in [2.45, 2.75) is 53.0 Å². The Kier molecular flexibility index (Phi) is 5.99. The second kappa shape index (κ2) is 7.07. The number of hydrogen-bond acceptors (Lipinski definition) is 4. The maximum atomic E-state index is 12.6. The summed E-state index contributed by atoms with van der Waals surface area (Å²) >= 11 is 0. The van der Waals surface area contributed by atoms with Crippen molar-refractivity contribution in [3.8, 4) is 0 Å². The highest BCUT2D eigenvalue weighted by molar-refractivity contribution is 5.84. The summed E-state index contributed by atoms with van der Waals surface area (Å²) < 4.78 is 4.95. The predicted octanol–water partition coefficient (Wildman–Crippen LogP) is 1.55. The van der Waals surface area contributed by atoms with Gasteiger partial charge in [0.25, 0.3) is 0 Å². The fourth-order valence-electron chi connectivity index (χ4n) is 2.36. The van der Waals surface area contributed by atoms with E-state index in [4.69, 9.17) is 10.5 Å². The van der Waals surface area contributed by atoms with Crippen molar-refractivity contribution in [1.82, 2.24) is 4.90 Å². The van der Waals surface area contributed by atoms with E-state index in [1.807, 2.05) is 0 Å². The van der Waals surface area contributed by atoms with Crippen molar-refractivity contribution < 1.29 is 14.3 Å². The first-order valence-corrected chi connectivity index (χ1v) is 7.44. The van der Waals surface area contributed by atoms with Crippen LogP contribution in [-0.4, -0.2) is 42.5 Å². The molecule has 116 valence electrons. The quantitative estimate of drug-likeness (QED) is 0.720. The minimum absolute atomic E-state index is 0.00187. The van der Waals surface area contributed by atoms with E-state index in [0.29, 0.717) is 13.2 Å². The van der Waals surface area contributed by atoms with E-state index in [0.717, 1.165) is 19.3 Å². The number of rotatable bonds is 7. The molecular formula is C15H28N2O3. The lowest BCUT2D eigenvalue weighted by Gasteiger charge is -2.29. The fourth-order valence-corrected chi connectivity index (χ4v) is 2.36. The molecular weight excluding hydrogens is 256 g/mol. The van der Waals surface area contributed by atoms with Gasteiger partial charge in [0.15, 0.2) is 0 Å². The Labute approximate surface area is 121 Å². The molecule has 0 heterocycles. The van der Waals surface area contributed by atoms with E-state index < -0.39 is 0 Å². The Bertz CT molecular complexity index is 346. The molecule has 0 aromatic carbocycles. The van der Waals surface area contributed by atoms with Gasteiger partial charge in [0.2, 0.25) is 5.91 Å². The second-order valence-electron chi connectivity index (χ2n) is 6.70. The van der Waals surface area contributed by atoms with Crippen LogP contribution in [0.4, 0.5) is 0 Å². The van der Waals surface area contributed by atoms with Crippen molar-refractivity contribution in [1.29, 1.82) is 0 Å². The van der Waals surface area contributed by atoms with E-state index >= 15 is 0 Å². The zero-order valence-electron chi connectivity index (χ0n) is 13.1. The first-order valence-electron chi connectivity index (χ1n) is 7.44. The summed E-state index contributed by atoms with van der Waals surface area (Å²) in [5.74, 6) is -0.553. The minimum Gasteiger partial charge on any atom is -0.465 e. The van der Waals surface area contributed by atoms with Crippen molar-refractivity contribution in [3.63, 3.8) is 0 Å². The molecule has 1 fully saturated rings. The number of hydrogen-bond donors (Lipinski definition) is 1. The van der Waals surface area contributed by atoms with Gasteiger partial charge in [0.05, 0.1) is 12.5 Å². The third-order valence-corrected chi connectivity index (χ3v) is 3.37. The van der Waals surface area contributed by atoms with E-state index in [1.165, 1.54) is 0 Å². The smallest absolute Gasteiger partial charge is 0.325 e. The molecule has 1 amide bonds. The molecule has 1 unspecified atom stereocenters. The topological polar surface area (TPSA) is 72.6 Å². The highest BCUT2D eigenvalue weighted by atomic mass is 16.5. The largest absolute Gasteiger partial charge is 0.465 e. The molecule has 0 radical (unpaired) electrons. The lowest BCUT2D eigenvalue weighted by molar-refractivity contribution is -0.151.